The van der Waals surface area contributed by atoms with Gasteiger partial charge < -0.3 is 0 Å². The minimum atomic E-state index is -5.18. The molecule has 0 atom stereocenters. The molecule has 0 amide bonds. The Kier molecular flexibility index (Phi) is 2.79. The first-order valence-corrected chi connectivity index (χ1v) is 5.06. The highest BCUT2D eigenvalue weighted by atomic mass is 35.5. The molecule has 0 saturated heterocycles. The average Bonchev–Trinajstić information content (AvgIpc) is 1.95. The highest BCUT2D eigenvalue weighted by Crippen LogP contribution is 2.30. The molecule has 72 valence electrons. The molecule has 0 heterocycles. The van der Waals surface area contributed by atoms with Gasteiger partial charge in [0.15, 0.2) is 10.7 Å². The lowest BCUT2D eigenvalue weighted by Crippen LogP contribution is -1.98. The van der Waals surface area contributed by atoms with Crippen LogP contribution in [0.4, 0.5) is 8.28 Å². The SMILES string of the molecule is O=S(=O)(F)c1c(Cl)ccc(Cl)c1F. The minimum absolute atomic E-state index is 0.499. The van der Waals surface area contributed by atoms with Crippen LogP contribution in [0.15, 0.2) is 17.0 Å². The zero-order chi connectivity index (χ0) is 10.2. The number of hydrogen-bond acceptors (Lipinski definition) is 2. The largest absolute Gasteiger partial charge is 0.336 e. The zero-order valence-corrected chi connectivity index (χ0v) is 8.22. The highest BCUT2D eigenvalue weighted by Gasteiger charge is 2.23. The quantitative estimate of drug-likeness (QED) is 0.564. The van der Waals surface area contributed by atoms with E-state index in [2.05, 4.69) is 0 Å². The third-order valence-electron chi connectivity index (χ3n) is 1.25. The lowest BCUT2D eigenvalue weighted by Gasteiger charge is -2.01. The van der Waals surface area contributed by atoms with Crippen molar-refractivity contribution in [1.82, 2.24) is 0 Å². The zero-order valence-electron chi connectivity index (χ0n) is 5.89. The second-order valence-electron chi connectivity index (χ2n) is 2.11. The van der Waals surface area contributed by atoms with Crippen LogP contribution in [0, 0.1) is 5.82 Å². The van der Waals surface area contributed by atoms with Gasteiger partial charge in [0.2, 0.25) is 0 Å². The first-order chi connectivity index (χ1) is 5.84. The number of halogens is 4. The predicted octanol–water partition coefficient (Wildman–Crippen LogP) is 2.79. The van der Waals surface area contributed by atoms with Gasteiger partial charge >= 0.3 is 10.2 Å². The van der Waals surface area contributed by atoms with Gasteiger partial charge in [-0.15, -0.1) is 3.89 Å². The van der Waals surface area contributed by atoms with E-state index in [0.717, 1.165) is 12.1 Å². The Morgan fingerprint density at radius 1 is 1.15 bits per heavy atom. The van der Waals surface area contributed by atoms with Gasteiger partial charge in [-0.3, -0.25) is 0 Å². The monoisotopic (exact) mass is 246 g/mol. The maximum Gasteiger partial charge on any atom is 0.336 e. The van der Waals surface area contributed by atoms with Gasteiger partial charge in [0.25, 0.3) is 0 Å². The van der Waals surface area contributed by atoms with Crippen LogP contribution in [0.1, 0.15) is 0 Å². The summed E-state index contributed by atoms with van der Waals surface area (Å²) in [5.74, 6) is -1.38. The van der Waals surface area contributed by atoms with Crippen molar-refractivity contribution in [3.8, 4) is 0 Å². The van der Waals surface area contributed by atoms with E-state index >= 15 is 0 Å². The summed E-state index contributed by atoms with van der Waals surface area (Å²) in [5.41, 5.74) is 0. The normalized spacial score (nSPS) is 11.7. The molecule has 1 aromatic carbocycles. The molecular formula is C6H2Cl2F2O2S. The van der Waals surface area contributed by atoms with E-state index < -0.39 is 31.0 Å². The fourth-order valence-electron chi connectivity index (χ4n) is 0.732. The maximum atomic E-state index is 12.9. The minimum Gasteiger partial charge on any atom is -0.204 e. The van der Waals surface area contributed by atoms with E-state index in [1.165, 1.54) is 0 Å². The van der Waals surface area contributed by atoms with Crippen LogP contribution < -0.4 is 0 Å². The third kappa shape index (κ3) is 2.10. The standard InChI is InChI=1S/C6H2Cl2F2O2S/c7-3-1-2-4(8)6(5(3)9)13(10,11)12/h1-2H. The average molecular weight is 247 g/mol. The summed E-state index contributed by atoms with van der Waals surface area (Å²) < 4.78 is 46.1. The molecule has 0 aromatic heterocycles. The van der Waals surface area contributed by atoms with Crippen LogP contribution in [-0.2, 0) is 10.2 Å². The first kappa shape index (κ1) is 10.7. The van der Waals surface area contributed by atoms with Gasteiger partial charge in [0.1, 0.15) is 0 Å². The number of rotatable bonds is 1. The Bertz CT molecular complexity index is 444. The molecule has 1 rings (SSSR count). The van der Waals surface area contributed by atoms with Crippen molar-refractivity contribution in [1.29, 1.82) is 0 Å². The Labute approximate surface area is 83.3 Å². The van der Waals surface area contributed by atoms with Crippen LogP contribution in [0.2, 0.25) is 10.0 Å². The Morgan fingerprint density at radius 2 is 1.62 bits per heavy atom. The van der Waals surface area contributed by atoms with Crippen molar-refractivity contribution < 1.29 is 16.7 Å². The van der Waals surface area contributed by atoms with Crippen LogP contribution in [0.25, 0.3) is 0 Å². The smallest absolute Gasteiger partial charge is 0.204 e. The molecule has 2 nitrogen and oxygen atoms in total. The summed E-state index contributed by atoms with van der Waals surface area (Å²) in [6.07, 6.45) is 0. The summed E-state index contributed by atoms with van der Waals surface area (Å²) in [7, 11) is -5.18. The van der Waals surface area contributed by atoms with E-state index in [-0.39, 0.29) is 0 Å². The molecule has 7 heteroatoms. The molecule has 0 aliphatic heterocycles. The molecule has 0 saturated carbocycles. The van der Waals surface area contributed by atoms with Crippen LogP contribution in [0.5, 0.6) is 0 Å². The van der Waals surface area contributed by atoms with Gasteiger partial charge in [-0.05, 0) is 12.1 Å². The molecule has 0 aliphatic carbocycles. The van der Waals surface area contributed by atoms with E-state index in [9.17, 15) is 16.7 Å². The van der Waals surface area contributed by atoms with Crippen LogP contribution in [-0.4, -0.2) is 8.42 Å². The van der Waals surface area contributed by atoms with Crippen molar-refractivity contribution in [2.24, 2.45) is 0 Å². The van der Waals surface area contributed by atoms with Gasteiger partial charge in [0.05, 0.1) is 10.0 Å². The molecule has 13 heavy (non-hydrogen) atoms. The van der Waals surface area contributed by atoms with Crippen molar-refractivity contribution in [2.75, 3.05) is 0 Å². The van der Waals surface area contributed by atoms with Gasteiger partial charge in [-0.1, -0.05) is 23.2 Å². The topological polar surface area (TPSA) is 34.1 Å². The second kappa shape index (κ2) is 3.40. The van der Waals surface area contributed by atoms with Crippen molar-refractivity contribution in [2.45, 2.75) is 4.90 Å². The van der Waals surface area contributed by atoms with Gasteiger partial charge in [0, 0.05) is 0 Å². The summed E-state index contributed by atoms with van der Waals surface area (Å²) in [4.78, 5) is -1.22. The van der Waals surface area contributed by atoms with Crippen molar-refractivity contribution in [3.63, 3.8) is 0 Å². The Balaban J connectivity index is 3.62. The molecule has 0 radical (unpaired) electrons. The van der Waals surface area contributed by atoms with Crippen molar-refractivity contribution >= 4 is 33.4 Å². The summed E-state index contributed by atoms with van der Waals surface area (Å²) in [6.45, 7) is 0. The van der Waals surface area contributed by atoms with E-state index in [1.807, 2.05) is 0 Å². The number of hydrogen-bond donors (Lipinski definition) is 0. The molecule has 0 fully saturated rings. The molecular weight excluding hydrogens is 245 g/mol. The molecule has 0 bridgehead atoms. The van der Waals surface area contributed by atoms with Crippen LogP contribution in [0.3, 0.4) is 0 Å². The van der Waals surface area contributed by atoms with Crippen LogP contribution >= 0.6 is 23.2 Å². The fourth-order valence-corrected chi connectivity index (χ4v) is 1.99. The Hall–Kier alpha value is -0.390. The molecule has 0 aliphatic rings. The summed E-state index contributed by atoms with van der Waals surface area (Å²) in [6, 6.07) is 2.04. The Morgan fingerprint density at radius 3 is 2.00 bits per heavy atom. The fraction of sp³-hybridized carbons (Fsp3) is 0. The molecule has 0 N–H and O–H groups in total. The lowest BCUT2D eigenvalue weighted by molar-refractivity contribution is 0.534. The maximum absolute atomic E-state index is 12.9. The van der Waals surface area contributed by atoms with E-state index in [0.29, 0.717) is 0 Å². The highest BCUT2D eigenvalue weighted by molar-refractivity contribution is 7.86. The predicted molar refractivity (Wildman–Crippen MR) is 44.7 cm³/mol. The number of benzene rings is 1. The second-order valence-corrected chi connectivity index (χ2v) is 4.21. The first-order valence-electron chi connectivity index (χ1n) is 2.92. The summed E-state index contributed by atoms with van der Waals surface area (Å²) >= 11 is 10.5. The van der Waals surface area contributed by atoms with Gasteiger partial charge in [-0.25, -0.2) is 4.39 Å². The molecule has 0 unspecified atom stereocenters. The molecule has 0 spiro atoms. The van der Waals surface area contributed by atoms with E-state index in [1.54, 1.807) is 0 Å². The summed E-state index contributed by atoms with van der Waals surface area (Å²) in [5, 5.41) is -1.04. The van der Waals surface area contributed by atoms with Gasteiger partial charge in [-0.2, -0.15) is 8.42 Å². The van der Waals surface area contributed by atoms with Crippen molar-refractivity contribution in [3.05, 3.63) is 28.0 Å². The lowest BCUT2D eigenvalue weighted by atomic mass is 10.3. The third-order valence-corrected chi connectivity index (χ3v) is 2.85. The van der Waals surface area contributed by atoms with E-state index in [4.69, 9.17) is 23.2 Å². The molecule has 1 aromatic rings.